The molecule has 2 unspecified atom stereocenters. The fourth-order valence-corrected chi connectivity index (χ4v) is 9.03. The molecule has 4 saturated carbocycles. The van der Waals surface area contributed by atoms with Crippen LogP contribution in [-0.4, -0.2) is 24.3 Å². The molecule has 3 amide bonds. The molecule has 4 aliphatic carbocycles. The van der Waals surface area contributed by atoms with Gasteiger partial charge in [-0.25, -0.2) is 0 Å². The Labute approximate surface area is 276 Å². The van der Waals surface area contributed by atoms with Crippen molar-refractivity contribution in [2.75, 3.05) is 6.54 Å². The number of benzene rings is 3. The van der Waals surface area contributed by atoms with E-state index in [-0.39, 0.29) is 23.6 Å². The number of carbonyl (C=O) groups excluding carboxylic acids is 3. The summed E-state index contributed by atoms with van der Waals surface area (Å²) in [6.45, 7) is 1.32. The van der Waals surface area contributed by atoms with Crippen LogP contribution in [0.4, 0.5) is 0 Å². The SMILES string of the molecule is O=C(NCc1ccco1)c1ccc(CNC(=O)C23CC4CC(CC(C(=O)NCCC(c5ccccc5)c5ccccc5)(C4)C2)C3)cc1. The van der Waals surface area contributed by atoms with E-state index in [1.807, 2.05) is 30.3 Å². The Balaban J connectivity index is 0.964. The molecule has 0 saturated heterocycles. The Bertz CT molecular complexity index is 1630. The summed E-state index contributed by atoms with van der Waals surface area (Å²) >= 11 is 0. The molecule has 2 atom stereocenters. The molecule has 7 nitrogen and oxygen atoms in total. The lowest BCUT2D eigenvalue weighted by atomic mass is 9.43. The molecule has 0 spiro atoms. The Hall–Kier alpha value is -4.65. The van der Waals surface area contributed by atoms with E-state index in [2.05, 4.69) is 64.5 Å². The van der Waals surface area contributed by atoms with Crippen LogP contribution in [0.5, 0.6) is 0 Å². The van der Waals surface area contributed by atoms with Crippen molar-refractivity contribution >= 4 is 17.7 Å². The van der Waals surface area contributed by atoms with Gasteiger partial charge in [0, 0.05) is 24.6 Å². The molecular formula is C40H43N3O4. The second kappa shape index (κ2) is 13.2. The minimum absolute atomic E-state index is 0.0669. The summed E-state index contributed by atoms with van der Waals surface area (Å²) in [5.41, 5.74) is 3.02. The lowest BCUT2D eigenvalue weighted by Gasteiger charge is -2.60. The predicted molar refractivity (Wildman–Crippen MR) is 180 cm³/mol. The fraction of sp³-hybridized carbons (Fsp3) is 0.375. The predicted octanol–water partition coefficient (Wildman–Crippen LogP) is 6.75. The first kappa shape index (κ1) is 31.0. The smallest absolute Gasteiger partial charge is 0.251 e. The molecule has 8 rings (SSSR count). The van der Waals surface area contributed by atoms with E-state index >= 15 is 0 Å². The molecule has 242 valence electrons. The van der Waals surface area contributed by atoms with Gasteiger partial charge in [-0.1, -0.05) is 72.8 Å². The highest BCUT2D eigenvalue weighted by molar-refractivity contribution is 5.94. The first-order valence-corrected chi connectivity index (χ1v) is 17.0. The maximum absolute atomic E-state index is 14.0. The quantitative estimate of drug-likeness (QED) is 0.161. The van der Waals surface area contributed by atoms with Crippen molar-refractivity contribution in [3.63, 3.8) is 0 Å². The normalized spacial score (nSPS) is 24.2. The van der Waals surface area contributed by atoms with Gasteiger partial charge in [0.25, 0.3) is 5.91 Å². The highest BCUT2D eigenvalue weighted by Gasteiger charge is 2.62. The first-order valence-electron chi connectivity index (χ1n) is 17.0. The molecule has 3 N–H and O–H groups in total. The van der Waals surface area contributed by atoms with Gasteiger partial charge >= 0.3 is 0 Å². The number of hydrogen-bond donors (Lipinski definition) is 3. The molecule has 4 aliphatic rings. The zero-order valence-electron chi connectivity index (χ0n) is 26.8. The summed E-state index contributed by atoms with van der Waals surface area (Å²) < 4.78 is 5.28. The molecule has 4 aromatic rings. The van der Waals surface area contributed by atoms with Crippen LogP contribution in [0.2, 0.25) is 0 Å². The van der Waals surface area contributed by atoms with E-state index in [9.17, 15) is 14.4 Å². The Morgan fingerprint density at radius 2 is 1.28 bits per heavy atom. The van der Waals surface area contributed by atoms with E-state index in [1.54, 1.807) is 24.5 Å². The average molecular weight is 630 g/mol. The number of amides is 3. The Morgan fingerprint density at radius 1 is 0.681 bits per heavy atom. The average Bonchev–Trinajstić information content (AvgIpc) is 3.62. The Kier molecular flexibility index (Phi) is 8.72. The number of hydrogen-bond acceptors (Lipinski definition) is 4. The van der Waals surface area contributed by atoms with Gasteiger partial charge in [-0.3, -0.25) is 14.4 Å². The van der Waals surface area contributed by atoms with Gasteiger partial charge in [-0.05, 0) is 97.7 Å². The highest BCUT2D eigenvalue weighted by Crippen LogP contribution is 2.65. The van der Waals surface area contributed by atoms with Crippen molar-refractivity contribution in [2.24, 2.45) is 22.7 Å². The summed E-state index contributed by atoms with van der Waals surface area (Å²) in [6.07, 6.45) is 7.64. The van der Waals surface area contributed by atoms with Crippen LogP contribution >= 0.6 is 0 Å². The largest absolute Gasteiger partial charge is 0.467 e. The molecule has 3 aromatic carbocycles. The molecule has 4 fully saturated rings. The second-order valence-electron chi connectivity index (χ2n) is 14.1. The van der Waals surface area contributed by atoms with Gasteiger partial charge in [-0.2, -0.15) is 0 Å². The second-order valence-corrected chi connectivity index (χ2v) is 14.1. The van der Waals surface area contributed by atoms with Crippen molar-refractivity contribution in [1.82, 2.24) is 16.0 Å². The zero-order valence-corrected chi connectivity index (χ0v) is 26.8. The maximum Gasteiger partial charge on any atom is 0.251 e. The topological polar surface area (TPSA) is 100 Å². The standard InChI is InChI=1S/C40H43N3O4/c44-36(42-26-34-12-7-19-47-34)33-15-13-28(14-16-33)25-43-38(46)40-23-29-20-30(24-40)22-39(21-29,27-40)37(45)41-18-17-35(31-8-3-1-4-9-31)32-10-5-2-6-11-32/h1-16,19,29-30,35H,17-18,20-27H2,(H,41,45)(H,42,44)(H,43,46). The fourth-order valence-electron chi connectivity index (χ4n) is 9.03. The van der Waals surface area contributed by atoms with Crippen LogP contribution in [0.25, 0.3) is 0 Å². The number of nitrogens with one attached hydrogen (secondary N) is 3. The van der Waals surface area contributed by atoms with E-state index in [0.717, 1.165) is 44.1 Å². The minimum Gasteiger partial charge on any atom is -0.467 e. The van der Waals surface area contributed by atoms with Crippen LogP contribution in [0.1, 0.15) is 83.7 Å². The third kappa shape index (κ3) is 6.62. The van der Waals surface area contributed by atoms with Crippen LogP contribution in [0.15, 0.2) is 108 Å². The van der Waals surface area contributed by atoms with Crippen molar-refractivity contribution in [1.29, 1.82) is 0 Å². The van der Waals surface area contributed by atoms with Crippen molar-refractivity contribution < 1.29 is 18.8 Å². The third-order valence-corrected chi connectivity index (χ3v) is 10.8. The zero-order chi connectivity index (χ0) is 32.3. The molecule has 1 aromatic heterocycles. The molecule has 47 heavy (non-hydrogen) atoms. The summed E-state index contributed by atoms with van der Waals surface area (Å²) in [4.78, 5) is 40.5. The molecule has 7 heteroatoms. The van der Waals surface area contributed by atoms with Gasteiger partial charge in [0.05, 0.1) is 23.6 Å². The van der Waals surface area contributed by atoms with E-state index < -0.39 is 10.8 Å². The van der Waals surface area contributed by atoms with Crippen LogP contribution in [0, 0.1) is 22.7 Å². The lowest BCUT2D eigenvalue weighted by Crippen LogP contribution is -2.61. The number of carbonyl (C=O) groups is 3. The van der Waals surface area contributed by atoms with Crippen LogP contribution in [0.3, 0.4) is 0 Å². The van der Waals surface area contributed by atoms with Crippen molar-refractivity contribution in [3.8, 4) is 0 Å². The van der Waals surface area contributed by atoms with Gasteiger partial charge < -0.3 is 20.4 Å². The van der Waals surface area contributed by atoms with Gasteiger partial charge in [0.2, 0.25) is 11.8 Å². The molecular weight excluding hydrogens is 586 g/mol. The van der Waals surface area contributed by atoms with Crippen LogP contribution < -0.4 is 16.0 Å². The summed E-state index contributed by atoms with van der Waals surface area (Å²) in [5.74, 6) is 1.74. The van der Waals surface area contributed by atoms with E-state index in [4.69, 9.17) is 4.42 Å². The highest BCUT2D eigenvalue weighted by atomic mass is 16.3. The van der Waals surface area contributed by atoms with Crippen molar-refractivity contribution in [3.05, 3.63) is 131 Å². The first-order chi connectivity index (χ1) is 22.9. The molecule has 0 radical (unpaired) electrons. The summed E-state index contributed by atoms with van der Waals surface area (Å²) in [7, 11) is 0. The van der Waals surface area contributed by atoms with Crippen LogP contribution in [-0.2, 0) is 22.7 Å². The molecule has 4 bridgehead atoms. The Morgan fingerprint density at radius 3 is 1.85 bits per heavy atom. The van der Waals surface area contributed by atoms with E-state index in [0.29, 0.717) is 49.2 Å². The van der Waals surface area contributed by atoms with Gasteiger partial charge in [0.15, 0.2) is 0 Å². The van der Waals surface area contributed by atoms with E-state index in [1.165, 1.54) is 11.1 Å². The monoisotopic (exact) mass is 629 g/mol. The van der Waals surface area contributed by atoms with Crippen molar-refractivity contribution in [2.45, 2.75) is 64.0 Å². The number of furan rings is 1. The maximum atomic E-state index is 14.0. The number of rotatable bonds is 12. The summed E-state index contributed by atoms with van der Waals surface area (Å²) in [6, 6.07) is 31.9. The van der Waals surface area contributed by atoms with Gasteiger partial charge in [0.1, 0.15) is 5.76 Å². The van der Waals surface area contributed by atoms with Gasteiger partial charge in [-0.15, -0.1) is 0 Å². The molecule has 0 aliphatic heterocycles. The minimum atomic E-state index is -0.496. The molecule has 1 heterocycles. The third-order valence-electron chi connectivity index (χ3n) is 10.8. The summed E-state index contributed by atoms with van der Waals surface area (Å²) in [5, 5.41) is 9.42. The lowest BCUT2D eigenvalue weighted by molar-refractivity contribution is -0.167.